The van der Waals surface area contributed by atoms with Crippen LogP contribution in [-0.4, -0.2) is 122 Å². The number of carbonyl (C=O) groups is 5. The molecule has 0 spiro atoms. The number of amides is 4. The number of carbonyl (C=O) groups excluding carboxylic acids is 5. The Bertz CT molecular complexity index is 2580. The molecule has 6 bridgehead atoms. The molecule has 358 valence electrons. The van der Waals surface area contributed by atoms with E-state index in [2.05, 4.69) is 59.5 Å². The van der Waals surface area contributed by atoms with Crippen LogP contribution in [0.4, 0.5) is 0 Å². The second kappa shape index (κ2) is 19.3. The molecule has 67 heavy (non-hydrogen) atoms. The van der Waals surface area contributed by atoms with Crippen molar-refractivity contribution >= 4 is 40.5 Å². The lowest BCUT2D eigenvalue weighted by Gasteiger charge is -2.37. The molecule has 4 aliphatic rings. The molecular formula is C51H66N8O8. The fraction of sp³-hybridized carbons (Fsp3) is 0.529. The molecule has 8 rings (SSSR count). The average Bonchev–Trinajstić information content (AvgIpc) is 4.05. The molecular weight excluding hydrogens is 853 g/mol. The van der Waals surface area contributed by atoms with Crippen LogP contribution >= 0.6 is 0 Å². The number of phenols is 1. The van der Waals surface area contributed by atoms with Crippen LogP contribution in [0.2, 0.25) is 0 Å². The number of hydrogen-bond donors (Lipinski definition) is 3. The number of fused-ring (bicyclic) bond motifs is 7. The standard InChI is InChI=1S/C51H66N8O8/c1-9-43(61)56-20-17-33(28-56)48(63)55(7)44(30(3)4)47(62)53-40-23-31-21-34(24-35(60)22-31)32-15-16-41-36(25-32)37(26-51(5,6)29-67-50(65)39-13-11-19-59(54-39)49(40)64)45(57(41)10-2)38-27-52-58-18-12-14-42(66-8)46(38)58/h9,15-16,21-22,24-25,27,30,33,39-40,42,44,54,60H,1,10-14,17-20,23,26,28-29H2,2-8H3,(H,53,62)/t33-,39-,40-,42-,44-/m0/s1. The minimum absolute atomic E-state index is 0.00495. The smallest absolute Gasteiger partial charge is 0.324 e. The number of cyclic esters (lactones) is 1. The summed E-state index contributed by atoms with van der Waals surface area (Å²) in [5.74, 6) is -2.83. The zero-order valence-corrected chi connectivity index (χ0v) is 40.0. The Morgan fingerprint density at radius 2 is 1.85 bits per heavy atom. The maximum atomic E-state index is 14.7. The molecule has 3 N–H and O–H groups in total. The number of benzene rings is 2. The molecule has 0 unspecified atom stereocenters. The monoisotopic (exact) mass is 919 g/mol. The van der Waals surface area contributed by atoms with Crippen molar-refractivity contribution in [3.8, 4) is 28.1 Å². The Morgan fingerprint density at radius 1 is 1.07 bits per heavy atom. The number of aromatic nitrogens is 3. The Hall–Kier alpha value is -6.00. The normalized spacial score (nSPS) is 22.5. The first-order chi connectivity index (χ1) is 32.0. The summed E-state index contributed by atoms with van der Waals surface area (Å²) in [5.41, 5.74) is 9.99. The van der Waals surface area contributed by atoms with Crippen LogP contribution in [-0.2, 0) is 59.4 Å². The van der Waals surface area contributed by atoms with Gasteiger partial charge in [-0.1, -0.05) is 46.4 Å². The molecule has 0 aliphatic carbocycles. The highest BCUT2D eigenvalue weighted by Crippen LogP contribution is 2.44. The first kappa shape index (κ1) is 47.5. The SMILES string of the molecule is C=CC(=O)N1CC[C@H](C(=O)N(C)[C@H](C(=O)N[C@H]2Cc3cc(O)cc(c3)-c3ccc4c(c3)c(c(-c3cnn5c3[C@@H](OC)CCC5)n4CC)CC(C)(C)COC(=O)[C@@H]3CCCN(N3)C2=O)C(C)C)C1. The van der Waals surface area contributed by atoms with Gasteiger partial charge in [0, 0.05) is 75.2 Å². The molecule has 6 heterocycles. The van der Waals surface area contributed by atoms with Crippen molar-refractivity contribution in [3.05, 3.63) is 72.1 Å². The summed E-state index contributed by atoms with van der Waals surface area (Å²) in [6.45, 7) is 16.1. The van der Waals surface area contributed by atoms with Crippen LogP contribution in [0.15, 0.2) is 55.3 Å². The lowest BCUT2D eigenvalue weighted by molar-refractivity contribution is -0.155. The molecule has 2 saturated heterocycles. The molecule has 4 aliphatic heterocycles. The quantitative estimate of drug-likeness (QED) is 0.143. The van der Waals surface area contributed by atoms with Crippen molar-refractivity contribution in [1.29, 1.82) is 0 Å². The summed E-state index contributed by atoms with van der Waals surface area (Å²) in [4.78, 5) is 72.5. The number of methoxy groups -OCH3 is 1. The van der Waals surface area contributed by atoms with Crippen LogP contribution in [0.1, 0.15) is 89.6 Å². The van der Waals surface area contributed by atoms with E-state index in [9.17, 15) is 29.1 Å². The molecule has 4 amide bonds. The molecule has 2 aromatic carbocycles. The van der Waals surface area contributed by atoms with E-state index in [1.807, 2.05) is 32.2 Å². The van der Waals surface area contributed by atoms with Crippen LogP contribution < -0.4 is 10.7 Å². The van der Waals surface area contributed by atoms with Gasteiger partial charge in [0.15, 0.2) is 0 Å². The average molecular weight is 919 g/mol. The van der Waals surface area contributed by atoms with Crippen LogP contribution in [0.3, 0.4) is 0 Å². The third kappa shape index (κ3) is 9.47. The van der Waals surface area contributed by atoms with Gasteiger partial charge < -0.3 is 34.3 Å². The minimum Gasteiger partial charge on any atom is -0.508 e. The number of hydrazine groups is 1. The Kier molecular flexibility index (Phi) is 13.7. The fourth-order valence-electron chi connectivity index (χ4n) is 10.8. The molecule has 2 fully saturated rings. The molecule has 2 aromatic heterocycles. The summed E-state index contributed by atoms with van der Waals surface area (Å²) in [6, 6.07) is 8.60. The second-order valence-electron chi connectivity index (χ2n) is 19.9. The van der Waals surface area contributed by atoms with Crippen molar-refractivity contribution < 1.29 is 38.6 Å². The van der Waals surface area contributed by atoms with E-state index in [0.29, 0.717) is 44.3 Å². The third-order valence-corrected chi connectivity index (χ3v) is 14.1. The number of rotatable bonds is 9. The van der Waals surface area contributed by atoms with E-state index in [-0.39, 0.29) is 55.7 Å². The maximum Gasteiger partial charge on any atom is 0.324 e. The van der Waals surface area contributed by atoms with Crippen molar-refractivity contribution in [3.63, 3.8) is 0 Å². The summed E-state index contributed by atoms with van der Waals surface area (Å²) in [5, 5.41) is 21.6. The van der Waals surface area contributed by atoms with Gasteiger partial charge in [-0.3, -0.25) is 33.7 Å². The van der Waals surface area contributed by atoms with Gasteiger partial charge in [-0.25, -0.2) is 5.43 Å². The van der Waals surface area contributed by atoms with E-state index >= 15 is 0 Å². The molecule has 4 aromatic rings. The van der Waals surface area contributed by atoms with Gasteiger partial charge in [-0.2, -0.15) is 5.10 Å². The number of likely N-dealkylation sites (N-methyl/N-ethyl adjacent to an activating group) is 1. The molecule has 0 radical (unpaired) electrons. The molecule has 16 heteroatoms. The van der Waals surface area contributed by atoms with Gasteiger partial charge >= 0.3 is 5.97 Å². The highest BCUT2D eigenvalue weighted by atomic mass is 16.5. The van der Waals surface area contributed by atoms with Crippen molar-refractivity contribution in [2.45, 2.75) is 117 Å². The molecule has 0 saturated carbocycles. The Labute approximate surface area is 392 Å². The number of phenolic OH excluding ortho intramolecular Hbond substituents is 1. The summed E-state index contributed by atoms with van der Waals surface area (Å²) in [6.07, 6.45) is 6.90. The molecule has 5 atom stereocenters. The number of nitrogens with one attached hydrogen (secondary N) is 2. The van der Waals surface area contributed by atoms with Crippen LogP contribution in [0.5, 0.6) is 5.75 Å². The Balaban J connectivity index is 1.20. The van der Waals surface area contributed by atoms with E-state index in [1.54, 1.807) is 31.2 Å². The van der Waals surface area contributed by atoms with E-state index < -0.39 is 47.2 Å². The number of aromatic hydroxyl groups is 1. The third-order valence-electron chi connectivity index (χ3n) is 14.1. The fourth-order valence-corrected chi connectivity index (χ4v) is 10.8. The van der Waals surface area contributed by atoms with Crippen molar-refractivity contribution in [1.82, 2.24) is 39.9 Å². The van der Waals surface area contributed by atoms with Crippen molar-refractivity contribution in [2.24, 2.45) is 17.3 Å². The number of likely N-dealkylation sites (tertiary alicyclic amines) is 1. The first-order valence-corrected chi connectivity index (χ1v) is 23.8. The minimum atomic E-state index is -1.16. The summed E-state index contributed by atoms with van der Waals surface area (Å²) in [7, 11) is 3.33. The highest BCUT2D eigenvalue weighted by molar-refractivity contribution is 5.96. The van der Waals surface area contributed by atoms with Crippen LogP contribution in [0, 0.1) is 17.3 Å². The van der Waals surface area contributed by atoms with Gasteiger partial charge in [0.1, 0.15) is 23.9 Å². The predicted molar refractivity (Wildman–Crippen MR) is 253 cm³/mol. The molecule has 16 nitrogen and oxygen atoms in total. The topological polar surface area (TPSA) is 181 Å². The van der Waals surface area contributed by atoms with Gasteiger partial charge in [0.2, 0.25) is 17.7 Å². The van der Waals surface area contributed by atoms with Gasteiger partial charge in [0.05, 0.1) is 36.2 Å². The number of ether oxygens (including phenoxy) is 2. The number of hydrogen-bond acceptors (Lipinski definition) is 10. The number of nitrogens with zero attached hydrogens (tertiary/aromatic N) is 6. The van der Waals surface area contributed by atoms with E-state index in [1.165, 1.54) is 16.0 Å². The predicted octanol–water partition coefficient (Wildman–Crippen LogP) is 5.54. The number of esters is 1. The Morgan fingerprint density at radius 3 is 2.58 bits per heavy atom. The lowest BCUT2D eigenvalue weighted by atomic mass is 9.84. The van der Waals surface area contributed by atoms with Gasteiger partial charge in [-0.05, 0) is 104 Å². The van der Waals surface area contributed by atoms with Crippen molar-refractivity contribution in [2.75, 3.05) is 40.4 Å². The second-order valence-corrected chi connectivity index (χ2v) is 19.9. The number of aryl methyl sites for hydroxylation is 2. The highest BCUT2D eigenvalue weighted by Gasteiger charge is 2.40. The summed E-state index contributed by atoms with van der Waals surface area (Å²) >= 11 is 0. The largest absolute Gasteiger partial charge is 0.508 e. The van der Waals surface area contributed by atoms with E-state index in [0.717, 1.165) is 63.9 Å². The van der Waals surface area contributed by atoms with Crippen LogP contribution in [0.25, 0.3) is 33.3 Å². The summed E-state index contributed by atoms with van der Waals surface area (Å²) < 4.78 is 16.6. The lowest BCUT2D eigenvalue weighted by Crippen LogP contribution is -2.62. The van der Waals surface area contributed by atoms with E-state index in [4.69, 9.17) is 14.6 Å². The zero-order valence-electron chi connectivity index (χ0n) is 40.0. The zero-order chi connectivity index (χ0) is 47.9. The van der Waals surface area contributed by atoms with Gasteiger partial charge in [-0.15, -0.1) is 0 Å². The van der Waals surface area contributed by atoms with Gasteiger partial charge in [0.25, 0.3) is 5.91 Å². The first-order valence-electron chi connectivity index (χ1n) is 23.8. The maximum absolute atomic E-state index is 14.7.